The molecule has 3 N–H and O–H groups in total. The molecule has 0 saturated heterocycles. The van der Waals surface area contributed by atoms with Crippen LogP contribution in [0.15, 0.2) is 24.3 Å². The molecule has 0 fully saturated rings. The van der Waals surface area contributed by atoms with Gasteiger partial charge in [-0.3, -0.25) is 4.79 Å². The van der Waals surface area contributed by atoms with E-state index < -0.39 is 9.96 Å². The van der Waals surface area contributed by atoms with Crippen molar-refractivity contribution in [3.8, 4) is 0 Å². The Balaban J connectivity index is 2.53. The van der Waals surface area contributed by atoms with Crippen LogP contribution in [0, 0.1) is 6.92 Å². The first-order valence-corrected chi connectivity index (χ1v) is 10.3. The van der Waals surface area contributed by atoms with Gasteiger partial charge in [0.2, 0.25) is 9.70 Å². The Morgan fingerprint density at radius 2 is 1.85 bits per heavy atom. The van der Waals surface area contributed by atoms with Crippen molar-refractivity contribution in [2.75, 3.05) is 5.32 Å². The zero-order valence-electron chi connectivity index (χ0n) is 15.1. The minimum atomic E-state index is -1.74. The number of halogens is 3. The summed E-state index contributed by atoms with van der Waals surface area (Å²) >= 11 is 23.2. The second-order valence-corrected chi connectivity index (χ2v) is 8.95. The van der Waals surface area contributed by atoms with E-state index in [-0.39, 0.29) is 11.0 Å². The Bertz CT molecular complexity index is 593. The number of nitrogens with one attached hydrogen (secondary N) is 3. The largest absolute Gasteiger partial charge is 0.339 e. The van der Waals surface area contributed by atoms with Crippen LogP contribution >= 0.6 is 47.0 Å². The molecule has 8 heteroatoms. The van der Waals surface area contributed by atoms with Crippen molar-refractivity contribution in [2.45, 2.75) is 62.3 Å². The Morgan fingerprint density at radius 3 is 2.46 bits per heavy atom. The van der Waals surface area contributed by atoms with Crippen LogP contribution in [0.5, 0.6) is 0 Å². The molecule has 146 valence electrons. The Kier molecular flexibility index (Phi) is 10.6. The van der Waals surface area contributed by atoms with Crippen LogP contribution in [0.25, 0.3) is 0 Å². The van der Waals surface area contributed by atoms with Gasteiger partial charge < -0.3 is 16.0 Å². The quantitative estimate of drug-likeness (QED) is 0.207. The minimum Gasteiger partial charge on any atom is -0.339 e. The maximum Gasteiger partial charge on any atom is 0.228 e. The fourth-order valence-corrected chi connectivity index (χ4v) is 2.91. The average molecular weight is 439 g/mol. The van der Waals surface area contributed by atoms with Crippen LogP contribution in [0.1, 0.15) is 51.0 Å². The Morgan fingerprint density at radius 1 is 1.15 bits per heavy atom. The summed E-state index contributed by atoms with van der Waals surface area (Å²) in [5.74, 6) is -0.177. The van der Waals surface area contributed by atoms with E-state index in [1.54, 1.807) is 0 Å². The third-order valence-corrected chi connectivity index (χ3v) is 4.57. The molecule has 1 unspecified atom stereocenters. The van der Waals surface area contributed by atoms with Crippen molar-refractivity contribution < 1.29 is 4.79 Å². The summed E-state index contributed by atoms with van der Waals surface area (Å²) in [4.78, 5) is 12.1. The summed E-state index contributed by atoms with van der Waals surface area (Å²) in [5.41, 5.74) is 1.90. The summed E-state index contributed by atoms with van der Waals surface area (Å²) in [6.07, 6.45) is 4.75. The highest BCUT2D eigenvalue weighted by atomic mass is 35.6. The van der Waals surface area contributed by atoms with Gasteiger partial charge in [-0.15, -0.1) is 0 Å². The minimum absolute atomic E-state index is 0.177. The predicted octanol–water partition coefficient (Wildman–Crippen LogP) is 5.45. The molecule has 1 rings (SSSR count). The van der Waals surface area contributed by atoms with Crippen LogP contribution in [0.3, 0.4) is 0 Å². The van der Waals surface area contributed by atoms with Crippen molar-refractivity contribution >= 4 is 63.7 Å². The van der Waals surface area contributed by atoms with Gasteiger partial charge in [0.05, 0.1) is 0 Å². The number of carbonyl (C=O) groups is 1. The molecular weight excluding hydrogens is 413 g/mol. The van der Waals surface area contributed by atoms with Gasteiger partial charge in [0.25, 0.3) is 0 Å². The number of thiocarbonyl (C=S) groups is 1. The number of amides is 1. The molecule has 0 aromatic heterocycles. The first kappa shape index (κ1) is 23.3. The van der Waals surface area contributed by atoms with Crippen molar-refractivity contribution in [3.63, 3.8) is 0 Å². The molecule has 0 aliphatic rings. The number of alkyl halides is 3. The number of aryl methyl sites for hydroxylation is 1. The predicted molar refractivity (Wildman–Crippen MR) is 116 cm³/mol. The number of rotatable bonds is 9. The molecule has 0 aliphatic heterocycles. The SMILES string of the molecule is CCCCCCCC(=O)NC(NC(=S)Nc1cccc(C)c1)C(Cl)(Cl)Cl. The fourth-order valence-electron chi connectivity index (χ4n) is 2.34. The van der Waals surface area contributed by atoms with E-state index in [1.165, 1.54) is 6.42 Å². The van der Waals surface area contributed by atoms with Crippen LogP contribution in [-0.2, 0) is 4.79 Å². The second-order valence-electron chi connectivity index (χ2n) is 6.17. The average Bonchev–Trinajstić information content (AvgIpc) is 2.53. The number of hydrogen-bond donors (Lipinski definition) is 3. The van der Waals surface area contributed by atoms with E-state index >= 15 is 0 Å². The van der Waals surface area contributed by atoms with Crippen molar-refractivity contribution in [1.82, 2.24) is 10.6 Å². The van der Waals surface area contributed by atoms with E-state index in [0.29, 0.717) is 6.42 Å². The van der Waals surface area contributed by atoms with Gasteiger partial charge in [0.15, 0.2) is 5.11 Å². The number of anilines is 1. The highest BCUT2D eigenvalue weighted by Crippen LogP contribution is 2.29. The highest BCUT2D eigenvalue weighted by Gasteiger charge is 2.34. The topological polar surface area (TPSA) is 53.2 Å². The van der Waals surface area contributed by atoms with Gasteiger partial charge in [-0.05, 0) is 43.3 Å². The Labute approximate surface area is 176 Å². The summed E-state index contributed by atoms with van der Waals surface area (Å²) in [7, 11) is 0. The van der Waals surface area contributed by atoms with Gasteiger partial charge in [-0.25, -0.2) is 0 Å². The Hall–Kier alpha value is -0.750. The maximum atomic E-state index is 12.1. The van der Waals surface area contributed by atoms with Crippen LogP contribution in [0.4, 0.5) is 5.69 Å². The maximum absolute atomic E-state index is 12.1. The molecule has 1 aromatic rings. The lowest BCUT2D eigenvalue weighted by Gasteiger charge is -2.27. The first-order chi connectivity index (χ1) is 12.2. The van der Waals surface area contributed by atoms with Crippen molar-refractivity contribution in [3.05, 3.63) is 29.8 Å². The van der Waals surface area contributed by atoms with Crippen LogP contribution in [-0.4, -0.2) is 21.0 Å². The number of benzene rings is 1. The molecule has 4 nitrogen and oxygen atoms in total. The lowest BCUT2D eigenvalue weighted by molar-refractivity contribution is -0.122. The van der Waals surface area contributed by atoms with Gasteiger partial charge in [0, 0.05) is 12.1 Å². The molecule has 1 amide bonds. The van der Waals surface area contributed by atoms with Gasteiger partial charge in [-0.2, -0.15) is 0 Å². The van der Waals surface area contributed by atoms with E-state index in [1.807, 2.05) is 31.2 Å². The molecule has 26 heavy (non-hydrogen) atoms. The van der Waals surface area contributed by atoms with Crippen molar-refractivity contribution in [1.29, 1.82) is 0 Å². The molecule has 0 bridgehead atoms. The molecule has 1 aromatic carbocycles. The third-order valence-electron chi connectivity index (χ3n) is 3.69. The van der Waals surface area contributed by atoms with E-state index in [4.69, 9.17) is 47.0 Å². The zero-order chi connectivity index (χ0) is 19.6. The normalized spacial score (nSPS) is 12.3. The van der Waals surface area contributed by atoms with Gasteiger partial charge in [0.1, 0.15) is 6.17 Å². The zero-order valence-corrected chi connectivity index (χ0v) is 18.2. The summed E-state index contributed by atoms with van der Waals surface area (Å²) in [5, 5.41) is 8.84. The molecule has 0 saturated carbocycles. The summed E-state index contributed by atoms with van der Waals surface area (Å²) in [6, 6.07) is 7.70. The number of carbonyl (C=O) groups excluding carboxylic acids is 1. The molecule has 0 aliphatic carbocycles. The fraction of sp³-hybridized carbons (Fsp3) is 0.556. The number of unbranched alkanes of at least 4 members (excludes halogenated alkanes) is 4. The monoisotopic (exact) mass is 437 g/mol. The van der Waals surface area contributed by atoms with Crippen LogP contribution < -0.4 is 16.0 Å². The molecule has 0 heterocycles. The highest BCUT2D eigenvalue weighted by molar-refractivity contribution is 7.80. The first-order valence-electron chi connectivity index (χ1n) is 8.72. The lowest BCUT2D eigenvalue weighted by atomic mass is 10.1. The van der Waals surface area contributed by atoms with Gasteiger partial charge in [-0.1, -0.05) is 79.5 Å². The third kappa shape index (κ3) is 9.81. The molecular formula is C18H26Cl3N3OS. The summed E-state index contributed by atoms with van der Waals surface area (Å²) in [6.45, 7) is 4.13. The second kappa shape index (κ2) is 11.9. The summed E-state index contributed by atoms with van der Waals surface area (Å²) < 4.78 is -1.74. The van der Waals surface area contributed by atoms with E-state index in [9.17, 15) is 4.79 Å². The number of hydrogen-bond acceptors (Lipinski definition) is 2. The smallest absolute Gasteiger partial charge is 0.228 e. The lowest BCUT2D eigenvalue weighted by Crippen LogP contribution is -2.56. The molecule has 0 spiro atoms. The standard InChI is InChI=1S/C18H26Cl3N3OS/c1-3-4-5-6-7-11-15(25)23-16(18(19,20)21)24-17(26)22-14-10-8-9-13(2)12-14/h8-10,12,16H,3-7,11H2,1-2H3,(H,23,25)(H2,22,24,26). The van der Waals surface area contributed by atoms with Gasteiger partial charge >= 0.3 is 0 Å². The van der Waals surface area contributed by atoms with E-state index in [0.717, 1.165) is 36.9 Å². The molecule has 0 radical (unpaired) electrons. The van der Waals surface area contributed by atoms with Crippen molar-refractivity contribution in [2.24, 2.45) is 0 Å². The van der Waals surface area contributed by atoms with E-state index in [2.05, 4.69) is 22.9 Å². The molecule has 1 atom stereocenters. The van der Waals surface area contributed by atoms with Crippen LogP contribution in [0.2, 0.25) is 0 Å².